The van der Waals surface area contributed by atoms with E-state index in [1.807, 2.05) is 12.1 Å². The Morgan fingerprint density at radius 3 is 1.76 bits per heavy atom. The summed E-state index contributed by atoms with van der Waals surface area (Å²) in [5, 5.41) is 0. The maximum atomic E-state index is 11.2. The zero-order valence-electron chi connectivity index (χ0n) is 21.4. The van der Waals surface area contributed by atoms with Crippen LogP contribution in [0.1, 0.15) is 120 Å². The van der Waals surface area contributed by atoms with Crippen molar-refractivity contribution in [3.8, 4) is 0 Å². The number of nitrogens with zero attached hydrogens (tertiary/aromatic N) is 1. The van der Waals surface area contributed by atoms with Gasteiger partial charge in [0.1, 0.15) is 6.29 Å². The van der Waals surface area contributed by atoms with Crippen LogP contribution in [0.3, 0.4) is 0 Å². The Bertz CT molecular complexity index is 849. The smallest absolute Gasteiger partial charge is 0.150 e. The highest BCUT2D eigenvalue weighted by Crippen LogP contribution is 2.48. The Balaban J connectivity index is 1.26. The standard InChI is InChI=1S/C31H45NOS/c1-2-3-4-5-6-7-8-9-10-11-12-13-14-15-16-19-24-32-28-20-17-18-21-30(28)34-31-25-27(26-33)22-23-29(31)32/h17-18,20-23,25-26H,2-16,19,24H2,1H3. The average molecular weight is 480 g/mol. The lowest BCUT2D eigenvalue weighted by Crippen LogP contribution is -2.22. The van der Waals surface area contributed by atoms with E-state index in [0.717, 1.165) is 18.4 Å². The molecule has 0 aliphatic carbocycles. The van der Waals surface area contributed by atoms with Gasteiger partial charge in [-0.2, -0.15) is 0 Å². The number of carbonyl (C=O) groups excluding carboxylic acids is 1. The largest absolute Gasteiger partial charge is 0.340 e. The van der Waals surface area contributed by atoms with E-state index in [-0.39, 0.29) is 0 Å². The summed E-state index contributed by atoms with van der Waals surface area (Å²) in [4.78, 5) is 16.2. The third-order valence-corrected chi connectivity index (χ3v) is 8.13. The number of fused-ring (bicyclic) bond motifs is 2. The van der Waals surface area contributed by atoms with E-state index in [2.05, 4.69) is 42.2 Å². The van der Waals surface area contributed by atoms with Crippen LogP contribution in [0, 0.1) is 0 Å². The maximum absolute atomic E-state index is 11.2. The molecule has 0 N–H and O–H groups in total. The number of para-hydroxylation sites is 1. The number of benzene rings is 2. The molecule has 3 rings (SSSR count). The molecule has 186 valence electrons. The van der Waals surface area contributed by atoms with Gasteiger partial charge in [-0.25, -0.2) is 0 Å². The quantitative estimate of drug-likeness (QED) is 0.157. The molecule has 0 radical (unpaired) electrons. The summed E-state index contributed by atoms with van der Waals surface area (Å²) in [7, 11) is 0. The van der Waals surface area contributed by atoms with E-state index in [1.165, 1.54) is 124 Å². The molecule has 2 nitrogen and oxygen atoms in total. The molecule has 0 atom stereocenters. The number of hydrogen-bond donors (Lipinski definition) is 0. The van der Waals surface area contributed by atoms with Gasteiger partial charge in [-0.05, 0) is 36.8 Å². The second-order valence-electron chi connectivity index (χ2n) is 9.87. The molecule has 0 saturated heterocycles. The fourth-order valence-corrected chi connectivity index (χ4v) is 6.13. The molecule has 0 fully saturated rings. The van der Waals surface area contributed by atoms with Crippen molar-refractivity contribution < 1.29 is 4.79 Å². The summed E-state index contributed by atoms with van der Waals surface area (Å²) in [6, 6.07) is 14.7. The van der Waals surface area contributed by atoms with Crippen LogP contribution < -0.4 is 4.90 Å². The van der Waals surface area contributed by atoms with Crippen LogP contribution in [0.2, 0.25) is 0 Å². The first-order chi connectivity index (χ1) is 16.8. The predicted octanol–water partition coefficient (Wildman–Crippen LogP) is 10.4. The number of anilines is 2. The number of aldehydes is 1. The minimum atomic E-state index is 0.757. The second kappa shape index (κ2) is 16.0. The van der Waals surface area contributed by atoms with Crippen molar-refractivity contribution >= 4 is 29.4 Å². The molecule has 0 bridgehead atoms. The number of unbranched alkanes of at least 4 members (excludes halogenated alkanes) is 15. The summed E-state index contributed by atoms with van der Waals surface area (Å²) in [5.41, 5.74) is 3.31. The van der Waals surface area contributed by atoms with Gasteiger partial charge in [0.25, 0.3) is 0 Å². The summed E-state index contributed by atoms with van der Waals surface area (Å²) >= 11 is 1.78. The summed E-state index contributed by atoms with van der Waals surface area (Å²) < 4.78 is 0. The van der Waals surface area contributed by atoms with Crippen LogP contribution in [0.4, 0.5) is 11.4 Å². The van der Waals surface area contributed by atoms with Crippen molar-refractivity contribution in [2.75, 3.05) is 11.4 Å². The molecule has 2 aromatic carbocycles. The van der Waals surface area contributed by atoms with E-state index in [1.54, 1.807) is 11.8 Å². The van der Waals surface area contributed by atoms with E-state index in [0.29, 0.717) is 0 Å². The third-order valence-electron chi connectivity index (χ3n) is 7.02. The SMILES string of the molecule is CCCCCCCCCCCCCCCCCCN1c2ccccc2Sc2cc(C=O)ccc21. The Kier molecular flexibility index (Phi) is 12.7. The highest BCUT2D eigenvalue weighted by Gasteiger charge is 2.22. The van der Waals surface area contributed by atoms with Crippen molar-refractivity contribution in [3.05, 3.63) is 48.0 Å². The van der Waals surface area contributed by atoms with Crippen molar-refractivity contribution in [3.63, 3.8) is 0 Å². The van der Waals surface area contributed by atoms with Crippen LogP contribution in [-0.2, 0) is 0 Å². The highest BCUT2D eigenvalue weighted by molar-refractivity contribution is 7.99. The molecule has 3 heteroatoms. The molecule has 0 saturated carbocycles. The van der Waals surface area contributed by atoms with Gasteiger partial charge in [-0.1, -0.05) is 127 Å². The molecule has 0 unspecified atom stereocenters. The monoisotopic (exact) mass is 479 g/mol. The Morgan fingerprint density at radius 1 is 0.647 bits per heavy atom. The minimum Gasteiger partial charge on any atom is -0.340 e. The number of rotatable bonds is 18. The first kappa shape index (κ1) is 26.9. The van der Waals surface area contributed by atoms with Crippen LogP contribution in [0.25, 0.3) is 0 Å². The lowest BCUT2D eigenvalue weighted by molar-refractivity contribution is 0.112. The fraction of sp³-hybridized carbons (Fsp3) is 0.581. The molecule has 0 spiro atoms. The normalized spacial score (nSPS) is 12.4. The van der Waals surface area contributed by atoms with Crippen LogP contribution >= 0.6 is 11.8 Å². The summed E-state index contributed by atoms with van der Waals surface area (Å²) in [5.74, 6) is 0. The van der Waals surface area contributed by atoms with Gasteiger partial charge in [0, 0.05) is 21.9 Å². The van der Waals surface area contributed by atoms with E-state index in [4.69, 9.17) is 0 Å². The van der Waals surface area contributed by atoms with Gasteiger partial charge in [0.2, 0.25) is 0 Å². The number of hydrogen-bond acceptors (Lipinski definition) is 3. The fourth-order valence-electron chi connectivity index (χ4n) is 4.98. The Labute approximate surface area is 212 Å². The molecular weight excluding hydrogens is 434 g/mol. The predicted molar refractivity (Wildman–Crippen MR) is 149 cm³/mol. The van der Waals surface area contributed by atoms with Crippen molar-refractivity contribution in [2.45, 2.75) is 119 Å². The van der Waals surface area contributed by atoms with Crippen molar-refractivity contribution in [1.29, 1.82) is 0 Å². The maximum Gasteiger partial charge on any atom is 0.150 e. The van der Waals surface area contributed by atoms with Gasteiger partial charge >= 0.3 is 0 Å². The van der Waals surface area contributed by atoms with Crippen LogP contribution in [0.15, 0.2) is 52.3 Å². The first-order valence-electron chi connectivity index (χ1n) is 14.0. The molecule has 0 amide bonds. The number of carbonyl (C=O) groups is 1. The van der Waals surface area contributed by atoms with Crippen molar-refractivity contribution in [1.82, 2.24) is 0 Å². The Morgan fingerprint density at radius 2 is 1.18 bits per heavy atom. The summed E-state index contributed by atoms with van der Waals surface area (Å²) in [6.45, 7) is 3.34. The lowest BCUT2D eigenvalue weighted by Gasteiger charge is -2.33. The lowest BCUT2D eigenvalue weighted by atomic mass is 10.0. The van der Waals surface area contributed by atoms with Gasteiger partial charge < -0.3 is 4.90 Å². The molecule has 1 aliphatic heterocycles. The van der Waals surface area contributed by atoms with Crippen molar-refractivity contribution in [2.24, 2.45) is 0 Å². The molecular formula is C31H45NOS. The minimum absolute atomic E-state index is 0.757. The van der Waals surface area contributed by atoms with E-state index >= 15 is 0 Å². The topological polar surface area (TPSA) is 20.3 Å². The molecule has 0 aromatic heterocycles. The van der Waals surface area contributed by atoms with Crippen LogP contribution in [-0.4, -0.2) is 12.8 Å². The summed E-state index contributed by atoms with van der Waals surface area (Å²) in [6.07, 6.45) is 23.3. The van der Waals surface area contributed by atoms with E-state index in [9.17, 15) is 4.79 Å². The van der Waals surface area contributed by atoms with Gasteiger partial charge in [0.15, 0.2) is 0 Å². The molecule has 34 heavy (non-hydrogen) atoms. The first-order valence-corrected chi connectivity index (χ1v) is 14.8. The average Bonchev–Trinajstić information content (AvgIpc) is 2.87. The van der Waals surface area contributed by atoms with Gasteiger partial charge in [0.05, 0.1) is 11.4 Å². The van der Waals surface area contributed by atoms with Gasteiger partial charge in [-0.15, -0.1) is 0 Å². The zero-order chi connectivity index (χ0) is 23.8. The van der Waals surface area contributed by atoms with Crippen LogP contribution in [0.5, 0.6) is 0 Å². The second-order valence-corrected chi connectivity index (χ2v) is 11.0. The third kappa shape index (κ3) is 8.80. The van der Waals surface area contributed by atoms with Gasteiger partial charge in [-0.3, -0.25) is 4.79 Å². The molecule has 1 aliphatic rings. The van der Waals surface area contributed by atoms with E-state index < -0.39 is 0 Å². The Hall–Kier alpha value is -1.74. The molecule has 2 aromatic rings. The molecule has 1 heterocycles. The zero-order valence-corrected chi connectivity index (χ0v) is 22.2. The highest BCUT2D eigenvalue weighted by atomic mass is 32.2.